The van der Waals surface area contributed by atoms with Crippen molar-refractivity contribution in [3.05, 3.63) is 11.0 Å². The Morgan fingerprint density at radius 1 is 1.31 bits per heavy atom. The van der Waals surface area contributed by atoms with E-state index in [0.717, 1.165) is 22.2 Å². The molecule has 0 bridgehead atoms. The van der Waals surface area contributed by atoms with E-state index in [-0.39, 0.29) is 0 Å². The van der Waals surface area contributed by atoms with E-state index < -0.39 is 0 Å². The van der Waals surface area contributed by atoms with Gasteiger partial charge in [-0.25, -0.2) is 0 Å². The molecule has 1 nitrogen and oxygen atoms in total. The average molecular weight is 276 g/mol. The second kappa shape index (κ2) is 8.20. The fourth-order valence-corrected chi connectivity index (χ4v) is 3.30. The van der Waals surface area contributed by atoms with Gasteiger partial charge in [-0.15, -0.1) is 11.8 Å². The van der Waals surface area contributed by atoms with Crippen LogP contribution in [0.3, 0.4) is 0 Å². The summed E-state index contributed by atoms with van der Waals surface area (Å²) in [6.07, 6.45) is 3.15. The molecule has 0 aromatic rings. The highest BCUT2D eigenvalue weighted by molar-refractivity contribution is 8.03. The van der Waals surface area contributed by atoms with Crippen LogP contribution in [0.5, 0.6) is 0 Å². The standard InChI is InChI=1S/C10H15NS3.C2H6/c1-4-7-8(14-5-2)6-9(12)11(3)10(7)13;1-2/h6-7H,4-5H2,1-3H3;1-2H3. The van der Waals surface area contributed by atoms with Gasteiger partial charge in [0.1, 0.15) is 4.99 Å². The van der Waals surface area contributed by atoms with Crippen molar-refractivity contribution in [2.45, 2.75) is 34.1 Å². The molecule has 0 fully saturated rings. The Hall–Kier alpha value is 0.0700. The summed E-state index contributed by atoms with van der Waals surface area (Å²) < 4.78 is 0. The molecule has 92 valence electrons. The van der Waals surface area contributed by atoms with Gasteiger partial charge < -0.3 is 4.90 Å². The molecular formula is C12H21NS3. The zero-order chi connectivity index (χ0) is 12.7. The van der Waals surface area contributed by atoms with Crippen molar-refractivity contribution in [2.24, 2.45) is 5.92 Å². The van der Waals surface area contributed by atoms with Crippen molar-refractivity contribution in [1.82, 2.24) is 4.90 Å². The lowest BCUT2D eigenvalue weighted by Crippen LogP contribution is -2.38. The molecule has 1 aliphatic rings. The summed E-state index contributed by atoms with van der Waals surface area (Å²) in [5, 5.41) is 0. The highest BCUT2D eigenvalue weighted by Crippen LogP contribution is 2.32. The first-order valence-corrected chi connectivity index (χ1v) is 7.57. The summed E-state index contributed by atoms with van der Waals surface area (Å²) in [6.45, 7) is 8.33. The van der Waals surface area contributed by atoms with Crippen LogP contribution in [0, 0.1) is 5.92 Å². The van der Waals surface area contributed by atoms with Crippen molar-refractivity contribution < 1.29 is 0 Å². The summed E-state index contributed by atoms with van der Waals surface area (Å²) >= 11 is 12.5. The van der Waals surface area contributed by atoms with E-state index in [1.165, 1.54) is 4.91 Å². The first-order valence-electron chi connectivity index (χ1n) is 5.77. The number of thioether (sulfide) groups is 1. The number of nitrogens with zero attached hydrogens (tertiary/aromatic N) is 1. The monoisotopic (exact) mass is 275 g/mol. The molecular weight excluding hydrogens is 254 g/mol. The molecule has 0 aliphatic carbocycles. The Balaban J connectivity index is 0.00000106. The average Bonchev–Trinajstić information content (AvgIpc) is 2.30. The van der Waals surface area contributed by atoms with Gasteiger partial charge in [-0.05, 0) is 23.2 Å². The predicted octanol–water partition coefficient (Wildman–Crippen LogP) is 4.28. The van der Waals surface area contributed by atoms with E-state index in [9.17, 15) is 0 Å². The summed E-state index contributed by atoms with van der Waals surface area (Å²) in [5.74, 6) is 1.48. The molecule has 1 aliphatic heterocycles. The third-order valence-electron chi connectivity index (χ3n) is 2.29. The van der Waals surface area contributed by atoms with Gasteiger partial charge in [0.25, 0.3) is 0 Å². The van der Waals surface area contributed by atoms with Crippen LogP contribution in [0.2, 0.25) is 0 Å². The molecule has 1 unspecified atom stereocenters. The molecule has 0 N–H and O–H groups in total. The SMILES string of the molecule is CC.CCSC1=CC(=S)N(C)C(=S)C1CC. The zero-order valence-electron chi connectivity index (χ0n) is 10.7. The second-order valence-corrected chi connectivity index (χ2v) is 5.35. The zero-order valence-corrected chi connectivity index (χ0v) is 13.2. The van der Waals surface area contributed by atoms with Gasteiger partial charge in [-0.1, -0.05) is 52.1 Å². The summed E-state index contributed by atoms with van der Waals surface area (Å²) in [5.41, 5.74) is 0. The van der Waals surface area contributed by atoms with E-state index in [2.05, 4.69) is 19.9 Å². The van der Waals surface area contributed by atoms with Crippen LogP contribution in [0.4, 0.5) is 0 Å². The third kappa shape index (κ3) is 3.82. The smallest absolute Gasteiger partial charge is 0.107 e. The Labute approximate surface area is 115 Å². The number of hydrogen-bond acceptors (Lipinski definition) is 3. The molecule has 1 heterocycles. The normalized spacial score (nSPS) is 20.2. The number of likely N-dealkylation sites (N-methyl/N-ethyl adjacent to an activating group) is 1. The highest BCUT2D eigenvalue weighted by atomic mass is 32.2. The Kier molecular flexibility index (Phi) is 8.24. The van der Waals surface area contributed by atoms with Crippen LogP contribution in [-0.2, 0) is 0 Å². The van der Waals surface area contributed by atoms with Gasteiger partial charge >= 0.3 is 0 Å². The molecule has 16 heavy (non-hydrogen) atoms. The van der Waals surface area contributed by atoms with Crippen molar-refractivity contribution in [3.63, 3.8) is 0 Å². The molecule has 0 radical (unpaired) electrons. The number of thiocarbonyl (C=S) groups is 2. The maximum absolute atomic E-state index is 5.40. The van der Waals surface area contributed by atoms with Gasteiger partial charge in [0.05, 0.1) is 4.99 Å². The number of hydrogen-bond donors (Lipinski definition) is 0. The third-order valence-corrected chi connectivity index (χ3v) is 4.26. The topological polar surface area (TPSA) is 3.24 Å². The van der Waals surface area contributed by atoms with E-state index in [1.807, 2.05) is 37.6 Å². The molecule has 1 atom stereocenters. The van der Waals surface area contributed by atoms with E-state index in [0.29, 0.717) is 5.92 Å². The van der Waals surface area contributed by atoms with Crippen LogP contribution in [0.25, 0.3) is 0 Å². The Bertz CT molecular complexity index is 284. The fourth-order valence-electron chi connectivity index (χ4n) is 1.47. The first kappa shape index (κ1) is 16.1. The van der Waals surface area contributed by atoms with Crippen LogP contribution in [0.15, 0.2) is 11.0 Å². The van der Waals surface area contributed by atoms with Crippen molar-refractivity contribution in [3.8, 4) is 0 Å². The molecule has 4 heteroatoms. The van der Waals surface area contributed by atoms with Gasteiger partial charge in [0, 0.05) is 13.0 Å². The van der Waals surface area contributed by atoms with E-state index >= 15 is 0 Å². The minimum absolute atomic E-state index is 0.395. The highest BCUT2D eigenvalue weighted by Gasteiger charge is 2.26. The largest absolute Gasteiger partial charge is 0.330 e. The minimum Gasteiger partial charge on any atom is -0.330 e. The molecule has 0 amide bonds. The van der Waals surface area contributed by atoms with Crippen molar-refractivity contribution in [1.29, 1.82) is 0 Å². The van der Waals surface area contributed by atoms with Gasteiger partial charge in [-0.3, -0.25) is 0 Å². The molecule has 0 spiro atoms. The molecule has 0 saturated heterocycles. The maximum atomic E-state index is 5.40. The van der Waals surface area contributed by atoms with Gasteiger partial charge in [-0.2, -0.15) is 0 Å². The van der Waals surface area contributed by atoms with Gasteiger partial charge in [0.15, 0.2) is 0 Å². The van der Waals surface area contributed by atoms with Crippen molar-refractivity contribution >= 4 is 46.2 Å². The van der Waals surface area contributed by atoms with Gasteiger partial charge in [0.2, 0.25) is 0 Å². The lowest BCUT2D eigenvalue weighted by atomic mass is 10.0. The molecule has 0 saturated carbocycles. The Morgan fingerprint density at radius 2 is 1.88 bits per heavy atom. The second-order valence-electron chi connectivity index (χ2n) is 3.18. The molecule has 0 aromatic carbocycles. The van der Waals surface area contributed by atoms with E-state index in [1.54, 1.807) is 0 Å². The minimum atomic E-state index is 0.395. The molecule has 1 rings (SSSR count). The lowest BCUT2D eigenvalue weighted by Gasteiger charge is -2.31. The molecule has 0 aromatic heterocycles. The Morgan fingerprint density at radius 3 is 2.31 bits per heavy atom. The van der Waals surface area contributed by atoms with Crippen LogP contribution in [-0.4, -0.2) is 27.7 Å². The summed E-state index contributed by atoms with van der Waals surface area (Å²) in [7, 11) is 1.96. The van der Waals surface area contributed by atoms with Crippen LogP contribution < -0.4 is 0 Å². The lowest BCUT2D eigenvalue weighted by molar-refractivity contribution is 0.673. The van der Waals surface area contributed by atoms with Crippen LogP contribution >= 0.6 is 36.2 Å². The summed E-state index contributed by atoms with van der Waals surface area (Å²) in [6, 6.07) is 0. The number of rotatable bonds is 3. The quantitative estimate of drug-likeness (QED) is 0.707. The first-order chi connectivity index (χ1) is 7.61. The predicted molar refractivity (Wildman–Crippen MR) is 84.3 cm³/mol. The maximum Gasteiger partial charge on any atom is 0.107 e. The van der Waals surface area contributed by atoms with E-state index in [4.69, 9.17) is 24.4 Å². The van der Waals surface area contributed by atoms with Crippen molar-refractivity contribution in [2.75, 3.05) is 12.8 Å². The fraction of sp³-hybridized carbons (Fsp3) is 0.667. The van der Waals surface area contributed by atoms with Crippen LogP contribution in [0.1, 0.15) is 34.1 Å². The summed E-state index contributed by atoms with van der Waals surface area (Å²) in [4.78, 5) is 5.09.